The summed E-state index contributed by atoms with van der Waals surface area (Å²) in [5.74, 6) is 1.99. The number of benzene rings is 2. The summed E-state index contributed by atoms with van der Waals surface area (Å²) in [7, 11) is 0. The third-order valence-corrected chi connectivity index (χ3v) is 3.33. The zero-order chi connectivity index (χ0) is 13.8. The normalized spacial score (nSPS) is 10.7. The van der Waals surface area contributed by atoms with Gasteiger partial charge in [-0.15, -0.1) is 11.6 Å². The Morgan fingerprint density at radius 2 is 1.50 bits per heavy atom. The van der Waals surface area contributed by atoms with Crippen LogP contribution in [0, 0.1) is 0 Å². The Bertz CT molecular complexity index is 674. The lowest BCUT2D eigenvalue weighted by Crippen LogP contribution is -1.83. The average molecular weight is 284 g/mol. The molecule has 0 saturated carbocycles. The maximum absolute atomic E-state index is 5.68. The highest BCUT2D eigenvalue weighted by atomic mass is 35.5. The molecule has 3 heteroatoms. The van der Waals surface area contributed by atoms with E-state index in [0.29, 0.717) is 18.2 Å². The van der Waals surface area contributed by atoms with Gasteiger partial charge >= 0.3 is 0 Å². The maximum atomic E-state index is 5.68. The zero-order valence-corrected chi connectivity index (χ0v) is 11.7. The van der Waals surface area contributed by atoms with Gasteiger partial charge in [-0.25, -0.2) is 4.98 Å². The van der Waals surface area contributed by atoms with E-state index in [0.717, 1.165) is 11.3 Å². The molecule has 1 aromatic heterocycles. The predicted molar refractivity (Wildman–Crippen MR) is 81.8 cm³/mol. The van der Waals surface area contributed by atoms with Crippen LogP contribution in [0.15, 0.2) is 65.2 Å². The minimum atomic E-state index is 0.521. The lowest BCUT2D eigenvalue weighted by Gasteiger charge is -2.02. The Labute approximate surface area is 123 Å². The van der Waals surface area contributed by atoms with Crippen molar-refractivity contribution in [1.29, 1.82) is 0 Å². The molecule has 0 aliphatic carbocycles. The number of aromatic nitrogens is 1. The van der Waals surface area contributed by atoms with Crippen LogP contribution in [0.3, 0.4) is 0 Å². The molecule has 3 aromatic rings. The van der Waals surface area contributed by atoms with Crippen molar-refractivity contribution in [3.63, 3.8) is 0 Å². The molecule has 20 heavy (non-hydrogen) atoms. The third-order valence-electron chi connectivity index (χ3n) is 3.14. The molecular formula is C17H14ClNO. The van der Waals surface area contributed by atoms with E-state index in [4.69, 9.17) is 16.0 Å². The number of hydrogen-bond donors (Lipinski definition) is 0. The van der Waals surface area contributed by atoms with Crippen molar-refractivity contribution < 1.29 is 4.42 Å². The fourth-order valence-electron chi connectivity index (χ4n) is 2.10. The van der Waals surface area contributed by atoms with Crippen LogP contribution >= 0.6 is 11.6 Å². The van der Waals surface area contributed by atoms with Gasteiger partial charge in [0.05, 0.1) is 6.20 Å². The van der Waals surface area contributed by atoms with Crippen LogP contribution in [0.5, 0.6) is 0 Å². The number of nitrogens with zero attached hydrogens (tertiary/aromatic N) is 1. The number of hydrogen-bond acceptors (Lipinski definition) is 2. The second-order valence-corrected chi connectivity index (χ2v) is 4.88. The van der Waals surface area contributed by atoms with Gasteiger partial charge in [0.15, 0.2) is 11.7 Å². The Morgan fingerprint density at radius 1 is 0.850 bits per heavy atom. The zero-order valence-electron chi connectivity index (χ0n) is 10.9. The highest BCUT2D eigenvalue weighted by Gasteiger charge is 2.06. The SMILES string of the molecule is ClCCc1ncc(-c2ccc(-c3ccccc3)cc2)o1. The van der Waals surface area contributed by atoms with Crippen LogP contribution in [0.1, 0.15) is 5.89 Å². The molecule has 0 fully saturated rings. The molecule has 0 aliphatic rings. The Kier molecular flexibility index (Phi) is 3.84. The molecule has 2 nitrogen and oxygen atoms in total. The minimum absolute atomic E-state index is 0.521. The van der Waals surface area contributed by atoms with Gasteiger partial charge in [0.25, 0.3) is 0 Å². The summed E-state index contributed by atoms with van der Waals surface area (Å²) in [5, 5.41) is 0. The van der Waals surface area contributed by atoms with Gasteiger partial charge in [0, 0.05) is 17.9 Å². The van der Waals surface area contributed by atoms with E-state index >= 15 is 0 Å². The maximum Gasteiger partial charge on any atom is 0.196 e. The van der Waals surface area contributed by atoms with Gasteiger partial charge in [-0.1, -0.05) is 54.6 Å². The molecule has 0 spiro atoms. The van der Waals surface area contributed by atoms with Crippen LogP contribution in [-0.4, -0.2) is 10.9 Å². The van der Waals surface area contributed by atoms with Crippen LogP contribution in [0.25, 0.3) is 22.5 Å². The molecule has 100 valence electrons. The average Bonchev–Trinajstić information content (AvgIpc) is 2.97. The van der Waals surface area contributed by atoms with Crippen molar-refractivity contribution in [3.05, 3.63) is 66.7 Å². The molecule has 0 saturated heterocycles. The summed E-state index contributed by atoms with van der Waals surface area (Å²) >= 11 is 5.68. The first-order valence-corrected chi connectivity index (χ1v) is 7.07. The van der Waals surface area contributed by atoms with Crippen molar-refractivity contribution in [2.24, 2.45) is 0 Å². The van der Waals surface area contributed by atoms with E-state index in [2.05, 4.69) is 29.2 Å². The van der Waals surface area contributed by atoms with Gasteiger partial charge in [-0.3, -0.25) is 0 Å². The quantitative estimate of drug-likeness (QED) is 0.644. The van der Waals surface area contributed by atoms with Crippen molar-refractivity contribution in [2.45, 2.75) is 6.42 Å². The van der Waals surface area contributed by atoms with Crippen LogP contribution < -0.4 is 0 Å². The van der Waals surface area contributed by atoms with Crippen molar-refractivity contribution in [3.8, 4) is 22.5 Å². The Balaban J connectivity index is 1.85. The molecule has 0 amide bonds. The monoisotopic (exact) mass is 283 g/mol. The van der Waals surface area contributed by atoms with E-state index in [1.807, 2.05) is 30.3 Å². The number of halogens is 1. The summed E-state index contributed by atoms with van der Waals surface area (Å²) < 4.78 is 5.66. The summed E-state index contributed by atoms with van der Waals surface area (Å²) in [4.78, 5) is 4.21. The second kappa shape index (κ2) is 5.93. The van der Waals surface area contributed by atoms with Crippen LogP contribution in [-0.2, 0) is 6.42 Å². The number of aryl methyl sites for hydroxylation is 1. The van der Waals surface area contributed by atoms with E-state index in [1.165, 1.54) is 11.1 Å². The summed E-state index contributed by atoms with van der Waals surface area (Å²) in [6.45, 7) is 0. The molecule has 3 rings (SSSR count). The van der Waals surface area contributed by atoms with Gasteiger partial charge in [0.1, 0.15) is 0 Å². The largest absolute Gasteiger partial charge is 0.441 e. The van der Waals surface area contributed by atoms with E-state index < -0.39 is 0 Å². The molecule has 2 aromatic carbocycles. The van der Waals surface area contributed by atoms with E-state index in [9.17, 15) is 0 Å². The molecule has 1 heterocycles. The first-order valence-electron chi connectivity index (χ1n) is 6.53. The molecule has 0 unspecified atom stereocenters. The molecule has 0 atom stereocenters. The van der Waals surface area contributed by atoms with E-state index in [-0.39, 0.29) is 0 Å². The van der Waals surface area contributed by atoms with Gasteiger partial charge in [-0.2, -0.15) is 0 Å². The molecule has 0 bridgehead atoms. The summed E-state index contributed by atoms with van der Waals surface area (Å²) in [5.41, 5.74) is 3.42. The van der Waals surface area contributed by atoms with Crippen LogP contribution in [0.4, 0.5) is 0 Å². The fourth-order valence-corrected chi connectivity index (χ4v) is 2.26. The predicted octanol–water partition coefficient (Wildman–Crippen LogP) is 4.79. The number of oxazole rings is 1. The highest BCUT2D eigenvalue weighted by Crippen LogP contribution is 2.25. The van der Waals surface area contributed by atoms with Gasteiger partial charge in [-0.05, 0) is 11.1 Å². The smallest absolute Gasteiger partial charge is 0.196 e. The highest BCUT2D eigenvalue weighted by molar-refractivity contribution is 6.17. The number of alkyl halides is 1. The lowest BCUT2D eigenvalue weighted by molar-refractivity contribution is 0.515. The first kappa shape index (κ1) is 12.9. The Hall–Kier alpha value is -2.06. The molecular weight excluding hydrogens is 270 g/mol. The standard InChI is InChI=1S/C17H14ClNO/c18-11-10-17-19-12-16(20-17)15-8-6-14(7-9-15)13-4-2-1-3-5-13/h1-9,12H,10-11H2. The van der Waals surface area contributed by atoms with Gasteiger partial charge < -0.3 is 4.42 Å². The third kappa shape index (κ3) is 2.75. The Morgan fingerprint density at radius 3 is 2.20 bits per heavy atom. The second-order valence-electron chi connectivity index (χ2n) is 4.50. The van der Waals surface area contributed by atoms with E-state index in [1.54, 1.807) is 6.20 Å². The van der Waals surface area contributed by atoms with Crippen molar-refractivity contribution >= 4 is 11.6 Å². The van der Waals surface area contributed by atoms with Crippen molar-refractivity contribution in [2.75, 3.05) is 5.88 Å². The minimum Gasteiger partial charge on any atom is -0.441 e. The van der Waals surface area contributed by atoms with Gasteiger partial charge in [0.2, 0.25) is 0 Å². The van der Waals surface area contributed by atoms with Crippen LogP contribution in [0.2, 0.25) is 0 Å². The summed E-state index contributed by atoms with van der Waals surface area (Å²) in [6, 6.07) is 18.6. The fraction of sp³-hybridized carbons (Fsp3) is 0.118. The molecule has 0 N–H and O–H groups in total. The summed E-state index contributed by atoms with van der Waals surface area (Å²) in [6.07, 6.45) is 2.41. The topological polar surface area (TPSA) is 26.0 Å². The van der Waals surface area contributed by atoms with Crippen molar-refractivity contribution in [1.82, 2.24) is 4.98 Å². The molecule has 0 radical (unpaired) electrons. The number of rotatable bonds is 4. The first-order chi connectivity index (χ1) is 9.86. The lowest BCUT2D eigenvalue weighted by atomic mass is 10.0. The molecule has 0 aliphatic heterocycles.